The molecule has 1 heterocycles. The lowest BCUT2D eigenvalue weighted by atomic mass is 9.93. The molecule has 1 aliphatic heterocycles. The lowest BCUT2D eigenvalue weighted by Gasteiger charge is -2.35. The van der Waals surface area contributed by atoms with Crippen molar-refractivity contribution in [1.82, 2.24) is 5.32 Å². The summed E-state index contributed by atoms with van der Waals surface area (Å²) in [4.78, 5) is 12.3. The van der Waals surface area contributed by atoms with Gasteiger partial charge in [-0.05, 0) is 38.8 Å². The van der Waals surface area contributed by atoms with Gasteiger partial charge in [0.05, 0.1) is 16.9 Å². The number of carbonyl (C=O) groups excluding carboxylic acids is 1. The minimum atomic E-state index is -0.179. The highest BCUT2D eigenvalue weighted by Crippen LogP contribution is 2.24. The number of nitrogens with two attached hydrogens (primary N) is 1. The summed E-state index contributed by atoms with van der Waals surface area (Å²) in [6, 6.07) is 7.34. The summed E-state index contributed by atoms with van der Waals surface area (Å²) >= 11 is 0. The number of carbonyl (C=O) groups is 1. The van der Waals surface area contributed by atoms with Gasteiger partial charge in [-0.2, -0.15) is 0 Å². The molecule has 1 unspecified atom stereocenters. The number of anilines is 1. The minimum absolute atomic E-state index is 0.101. The summed E-state index contributed by atoms with van der Waals surface area (Å²) < 4.78 is 5.64. The van der Waals surface area contributed by atoms with Gasteiger partial charge in [-0.15, -0.1) is 0 Å². The number of hydrogen-bond acceptors (Lipinski definition) is 4. The number of rotatable bonds is 3. The topological polar surface area (TPSA) is 76.4 Å². The molecule has 0 aliphatic carbocycles. The molecule has 2 rings (SSSR count). The predicted octanol–water partition coefficient (Wildman–Crippen LogP) is 1.66. The monoisotopic (exact) mass is 263 g/mol. The van der Waals surface area contributed by atoms with Crippen molar-refractivity contribution in [2.45, 2.75) is 38.3 Å². The Balaban J connectivity index is 2.05. The molecule has 1 amide bonds. The third kappa shape index (κ3) is 3.45. The van der Waals surface area contributed by atoms with E-state index in [1.807, 2.05) is 26.0 Å². The number of benzene rings is 1. The molecular weight excluding hydrogens is 242 g/mol. The molecule has 4 N–H and O–H groups in total. The van der Waals surface area contributed by atoms with Crippen molar-refractivity contribution in [1.29, 1.82) is 0 Å². The van der Waals surface area contributed by atoms with Crippen molar-refractivity contribution in [2.24, 2.45) is 5.84 Å². The normalized spacial score (nSPS) is 21.7. The van der Waals surface area contributed by atoms with Crippen LogP contribution in [0.3, 0.4) is 0 Å². The van der Waals surface area contributed by atoms with Crippen LogP contribution in [0.2, 0.25) is 0 Å². The highest BCUT2D eigenvalue weighted by molar-refractivity contribution is 5.99. The molecule has 0 spiro atoms. The number of nitrogen functional groups attached to an aromatic ring is 1. The molecule has 1 fully saturated rings. The minimum Gasteiger partial charge on any atom is -0.375 e. The zero-order chi connectivity index (χ0) is 13.9. The van der Waals surface area contributed by atoms with E-state index in [0.29, 0.717) is 17.9 Å². The number of hydrogen-bond donors (Lipinski definition) is 3. The van der Waals surface area contributed by atoms with E-state index in [-0.39, 0.29) is 17.6 Å². The summed E-state index contributed by atoms with van der Waals surface area (Å²) in [6.45, 7) is 4.76. The Bertz CT molecular complexity index is 460. The van der Waals surface area contributed by atoms with Gasteiger partial charge in [-0.3, -0.25) is 10.6 Å². The van der Waals surface area contributed by atoms with Gasteiger partial charge in [-0.1, -0.05) is 12.1 Å². The molecule has 1 aliphatic rings. The second kappa shape index (κ2) is 5.59. The van der Waals surface area contributed by atoms with E-state index in [2.05, 4.69) is 10.7 Å². The Morgan fingerprint density at radius 1 is 1.42 bits per heavy atom. The first-order valence-electron chi connectivity index (χ1n) is 6.52. The second-order valence-electron chi connectivity index (χ2n) is 5.46. The Morgan fingerprint density at radius 2 is 2.16 bits per heavy atom. The van der Waals surface area contributed by atoms with Crippen LogP contribution in [-0.4, -0.2) is 24.2 Å². The fraction of sp³-hybridized carbons (Fsp3) is 0.500. The average molecular weight is 263 g/mol. The van der Waals surface area contributed by atoms with Gasteiger partial charge >= 0.3 is 0 Å². The second-order valence-corrected chi connectivity index (χ2v) is 5.46. The third-order valence-corrected chi connectivity index (χ3v) is 3.36. The SMILES string of the molecule is CC1(C)CC(NC(=O)c2ccccc2NN)CCO1. The molecule has 5 nitrogen and oxygen atoms in total. The molecule has 1 aromatic carbocycles. The largest absolute Gasteiger partial charge is 0.375 e. The van der Waals surface area contributed by atoms with Crippen LogP contribution in [0, 0.1) is 0 Å². The number of para-hydroxylation sites is 1. The van der Waals surface area contributed by atoms with Crippen LogP contribution in [0.1, 0.15) is 37.0 Å². The predicted molar refractivity (Wildman–Crippen MR) is 74.8 cm³/mol. The van der Waals surface area contributed by atoms with E-state index in [1.54, 1.807) is 12.1 Å². The number of amides is 1. The van der Waals surface area contributed by atoms with E-state index in [9.17, 15) is 4.79 Å². The van der Waals surface area contributed by atoms with Gasteiger partial charge in [0.2, 0.25) is 0 Å². The number of hydrazine groups is 1. The van der Waals surface area contributed by atoms with Crippen molar-refractivity contribution in [3.63, 3.8) is 0 Å². The maximum absolute atomic E-state index is 12.3. The van der Waals surface area contributed by atoms with Gasteiger partial charge in [0.15, 0.2) is 0 Å². The highest BCUT2D eigenvalue weighted by atomic mass is 16.5. The fourth-order valence-corrected chi connectivity index (χ4v) is 2.43. The quantitative estimate of drug-likeness (QED) is 0.572. The number of nitrogens with one attached hydrogen (secondary N) is 2. The summed E-state index contributed by atoms with van der Waals surface area (Å²) in [7, 11) is 0. The van der Waals surface area contributed by atoms with Crippen LogP contribution in [0.5, 0.6) is 0 Å². The van der Waals surface area contributed by atoms with Crippen molar-refractivity contribution in [3.8, 4) is 0 Å². The average Bonchev–Trinajstić information content (AvgIpc) is 2.37. The van der Waals surface area contributed by atoms with Gasteiger partial charge in [0.1, 0.15) is 0 Å². The van der Waals surface area contributed by atoms with Crippen molar-refractivity contribution in [2.75, 3.05) is 12.0 Å². The lowest BCUT2D eigenvalue weighted by molar-refractivity contribution is -0.0615. The van der Waals surface area contributed by atoms with E-state index < -0.39 is 0 Å². The fourth-order valence-electron chi connectivity index (χ4n) is 2.43. The van der Waals surface area contributed by atoms with Gasteiger partial charge in [0, 0.05) is 12.6 Å². The summed E-state index contributed by atoms with van der Waals surface area (Å²) in [5.74, 6) is 5.31. The molecule has 1 saturated heterocycles. The molecule has 0 radical (unpaired) electrons. The smallest absolute Gasteiger partial charge is 0.253 e. The van der Waals surface area contributed by atoms with Gasteiger partial charge < -0.3 is 15.5 Å². The summed E-state index contributed by atoms with van der Waals surface area (Å²) in [6.07, 6.45) is 1.66. The molecule has 0 saturated carbocycles. The van der Waals surface area contributed by atoms with E-state index in [0.717, 1.165) is 12.8 Å². The summed E-state index contributed by atoms with van der Waals surface area (Å²) in [5.41, 5.74) is 3.56. The van der Waals surface area contributed by atoms with E-state index in [1.165, 1.54) is 0 Å². The van der Waals surface area contributed by atoms with Crippen LogP contribution < -0.4 is 16.6 Å². The maximum atomic E-state index is 12.3. The molecule has 5 heteroatoms. The van der Waals surface area contributed by atoms with Crippen LogP contribution in [0.15, 0.2) is 24.3 Å². The van der Waals surface area contributed by atoms with Crippen molar-refractivity contribution >= 4 is 11.6 Å². The lowest BCUT2D eigenvalue weighted by Crippen LogP contribution is -2.45. The molecule has 0 bridgehead atoms. The standard InChI is InChI=1S/C14H21N3O2/c1-14(2)9-10(7-8-19-14)16-13(18)11-5-3-4-6-12(11)17-15/h3-6,10,17H,7-9,15H2,1-2H3,(H,16,18). The number of ether oxygens (including phenoxy) is 1. The Morgan fingerprint density at radius 3 is 2.84 bits per heavy atom. The Hall–Kier alpha value is -1.59. The molecule has 1 aromatic rings. The Labute approximate surface area is 113 Å². The van der Waals surface area contributed by atoms with Gasteiger partial charge in [0.25, 0.3) is 5.91 Å². The van der Waals surface area contributed by atoms with Crippen molar-refractivity contribution in [3.05, 3.63) is 29.8 Å². The first-order valence-corrected chi connectivity index (χ1v) is 6.52. The zero-order valence-electron chi connectivity index (χ0n) is 11.4. The molecule has 0 aromatic heterocycles. The van der Waals surface area contributed by atoms with Crippen LogP contribution in [0.4, 0.5) is 5.69 Å². The van der Waals surface area contributed by atoms with E-state index >= 15 is 0 Å². The van der Waals surface area contributed by atoms with Crippen molar-refractivity contribution < 1.29 is 9.53 Å². The maximum Gasteiger partial charge on any atom is 0.253 e. The molecule has 19 heavy (non-hydrogen) atoms. The molecule has 1 atom stereocenters. The zero-order valence-corrected chi connectivity index (χ0v) is 11.4. The highest BCUT2D eigenvalue weighted by Gasteiger charge is 2.30. The Kier molecular flexibility index (Phi) is 4.07. The first kappa shape index (κ1) is 13.8. The molecule has 104 valence electrons. The van der Waals surface area contributed by atoms with E-state index in [4.69, 9.17) is 10.6 Å². The third-order valence-electron chi connectivity index (χ3n) is 3.36. The van der Waals surface area contributed by atoms with Crippen LogP contribution >= 0.6 is 0 Å². The van der Waals surface area contributed by atoms with Crippen LogP contribution in [-0.2, 0) is 4.74 Å². The molecular formula is C14H21N3O2. The summed E-state index contributed by atoms with van der Waals surface area (Å²) in [5, 5.41) is 3.05. The van der Waals surface area contributed by atoms with Crippen LogP contribution in [0.25, 0.3) is 0 Å². The first-order chi connectivity index (χ1) is 9.02. The van der Waals surface area contributed by atoms with Gasteiger partial charge in [-0.25, -0.2) is 0 Å².